The predicted octanol–water partition coefficient (Wildman–Crippen LogP) is 4.58. The zero-order valence-electron chi connectivity index (χ0n) is 18.0. The molecule has 0 aromatic heterocycles. The number of carbonyl (C=O) groups excluding carboxylic acids is 1. The zero-order valence-corrected chi connectivity index (χ0v) is 18.0. The van der Waals surface area contributed by atoms with Crippen LogP contribution in [-0.4, -0.2) is 42.8 Å². The van der Waals surface area contributed by atoms with Gasteiger partial charge in [-0.25, -0.2) is 0 Å². The van der Waals surface area contributed by atoms with Gasteiger partial charge in [0.2, 0.25) is 0 Å². The van der Waals surface area contributed by atoms with E-state index >= 15 is 0 Å². The van der Waals surface area contributed by atoms with Gasteiger partial charge in [0.25, 0.3) is 5.91 Å². The second-order valence-corrected chi connectivity index (χ2v) is 7.58. The quantitative estimate of drug-likeness (QED) is 0.630. The summed E-state index contributed by atoms with van der Waals surface area (Å²) >= 11 is 0. The first-order valence-electron chi connectivity index (χ1n) is 9.86. The Hall–Kier alpha value is -2.27. The molecule has 0 bridgehead atoms. The normalized spacial score (nSPS) is 16.2. The average molecular weight is 388 g/mol. The topological polar surface area (TPSA) is 59.0 Å². The van der Waals surface area contributed by atoms with Crippen LogP contribution in [0, 0.1) is 6.92 Å². The Labute approximate surface area is 168 Å². The van der Waals surface area contributed by atoms with Gasteiger partial charge < -0.3 is 19.5 Å². The number of allylic oxidation sites excluding steroid dienone is 3. The Morgan fingerprint density at radius 3 is 2.61 bits per heavy atom. The van der Waals surface area contributed by atoms with E-state index in [1.54, 1.807) is 12.0 Å². The van der Waals surface area contributed by atoms with Gasteiger partial charge in [-0.05, 0) is 65.2 Å². The molecule has 1 aromatic carbocycles. The molecule has 0 fully saturated rings. The van der Waals surface area contributed by atoms with Gasteiger partial charge in [-0.3, -0.25) is 4.79 Å². The van der Waals surface area contributed by atoms with E-state index in [2.05, 4.69) is 32.9 Å². The molecule has 5 nitrogen and oxygen atoms in total. The van der Waals surface area contributed by atoms with Crippen molar-refractivity contribution in [3.63, 3.8) is 0 Å². The van der Waals surface area contributed by atoms with Crippen LogP contribution in [0.4, 0.5) is 0 Å². The van der Waals surface area contributed by atoms with E-state index in [-0.39, 0.29) is 18.6 Å². The number of aliphatic hydroxyl groups is 1. The van der Waals surface area contributed by atoms with Gasteiger partial charge >= 0.3 is 0 Å². The lowest BCUT2D eigenvalue weighted by Gasteiger charge is -2.20. The van der Waals surface area contributed by atoms with E-state index in [1.807, 2.05) is 19.9 Å². The number of hydrogen-bond acceptors (Lipinski definition) is 4. The van der Waals surface area contributed by atoms with Crippen molar-refractivity contribution >= 4 is 5.91 Å². The fourth-order valence-corrected chi connectivity index (χ4v) is 3.56. The van der Waals surface area contributed by atoms with Gasteiger partial charge in [0.15, 0.2) is 0 Å². The number of methoxy groups -OCH3 is 1. The molecule has 1 aliphatic heterocycles. The second kappa shape index (κ2) is 9.78. The standard InChI is InChI=1S/C23H33NO4/c1-15(2)8-7-9-16(3)10-13-28-20-14-19-18(5)24(11-12-25)23(26)21(19)22(27-6)17(20)4/h8,10,14,18,25H,7,9,11-13H2,1-6H3/b16-10+. The maximum atomic E-state index is 12.8. The third-order valence-corrected chi connectivity index (χ3v) is 5.21. The van der Waals surface area contributed by atoms with Crippen molar-refractivity contribution in [3.8, 4) is 11.5 Å². The summed E-state index contributed by atoms with van der Waals surface area (Å²) in [6, 6.07) is 1.83. The molecule has 1 atom stereocenters. The molecule has 0 radical (unpaired) electrons. The minimum atomic E-state index is -0.118. The van der Waals surface area contributed by atoms with Gasteiger partial charge in [-0.1, -0.05) is 17.2 Å². The Balaban J connectivity index is 2.20. The summed E-state index contributed by atoms with van der Waals surface area (Å²) in [4.78, 5) is 14.4. The Bertz CT molecular complexity index is 775. The molecule has 5 heteroatoms. The fourth-order valence-electron chi connectivity index (χ4n) is 3.56. The number of benzene rings is 1. The summed E-state index contributed by atoms with van der Waals surface area (Å²) in [5.41, 5.74) is 4.93. The number of rotatable bonds is 9. The lowest BCUT2D eigenvalue weighted by Crippen LogP contribution is -2.29. The molecular formula is C23H33NO4. The summed E-state index contributed by atoms with van der Waals surface area (Å²) in [5, 5.41) is 9.28. The van der Waals surface area contributed by atoms with Crippen LogP contribution in [0.5, 0.6) is 11.5 Å². The lowest BCUT2D eigenvalue weighted by molar-refractivity contribution is 0.0696. The van der Waals surface area contributed by atoms with Crippen molar-refractivity contribution in [2.45, 2.75) is 53.5 Å². The van der Waals surface area contributed by atoms with E-state index in [1.165, 1.54) is 11.1 Å². The van der Waals surface area contributed by atoms with Gasteiger partial charge in [0.05, 0.1) is 25.3 Å². The van der Waals surface area contributed by atoms with E-state index < -0.39 is 0 Å². The molecule has 1 amide bonds. The third-order valence-electron chi connectivity index (χ3n) is 5.21. The minimum absolute atomic E-state index is 0.0639. The molecule has 1 aromatic rings. The van der Waals surface area contributed by atoms with Crippen LogP contribution in [0.2, 0.25) is 0 Å². The third kappa shape index (κ3) is 4.76. The van der Waals surface area contributed by atoms with Crippen molar-refractivity contribution in [2.75, 3.05) is 26.9 Å². The van der Waals surface area contributed by atoms with E-state index in [0.29, 0.717) is 24.5 Å². The zero-order chi connectivity index (χ0) is 20.8. The van der Waals surface area contributed by atoms with Gasteiger partial charge in [0.1, 0.15) is 18.1 Å². The van der Waals surface area contributed by atoms with Crippen LogP contribution in [0.1, 0.15) is 68.1 Å². The molecule has 1 unspecified atom stereocenters. The number of fused-ring (bicyclic) bond motifs is 1. The first-order chi connectivity index (χ1) is 13.3. The van der Waals surface area contributed by atoms with E-state index in [9.17, 15) is 9.90 Å². The van der Waals surface area contributed by atoms with Gasteiger partial charge in [-0.2, -0.15) is 0 Å². The highest BCUT2D eigenvalue weighted by atomic mass is 16.5. The number of carbonyl (C=O) groups is 1. The minimum Gasteiger partial charge on any atom is -0.495 e. The summed E-state index contributed by atoms with van der Waals surface area (Å²) < 4.78 is 11.6. The Kier molecular flexibility index (Phi) is 7.69. The number of aliphatic hydroxyl groups excluding tert-OH is 1. The van der Waals surface area contributed by atoms with Crippen molar-refractivity contribution in [2.24, 2.45) is 0 Å². The highest BCUT2D eigenvalue weighted by Crippen LogP contribution is 2.43. The van der Waals surface area contributed by atoms with Gasteiger partial charge in [-0.15, -0.1) is 0 Å². The monoisotopic (exact) mass is 387 g/mol. The highest BCUT2D eigenvalue weighted by molar-refractivity contribution is 6.02. The number of hydrogen-bond donors (Lipinski definition) is 1. The summed E-state index contributed by atoms with van der Waals surface area (Å²) in [6.07, 6.45) is 6.40. The molecule has 28 heavy (non-hydrogen) atoms. The largest absolute Gasteiger partial charge is 0.495 e. The molecule has 1 N–H and O–H groups in total. The number of nitrogens with zero attached hydrogens (tertiary/aromatic N) is 1. The van der Waals surface area contributed by atoms with Crippen molar-refractivity contribution in [1.82, 2.24) is 4.90 Å². The van der Waals surface area contributed by atoms with Crippen LogP contribution < -0.4 is 9.47 Å². The molecule has 0 saturated carbocycles. The van der Waals surface area contributed by atoms with E-state index in [0.717, 1.165) is 29.7 Å². The maximum absolute atomic E-state index is 12.8. The molecule has 0 saturated heterocycles. The number of β-amino-alcohol motifs (C(OH)–C–C–N with tert-alkyl or cyclic N) is 1. The predicted molar refractivity (Wildman–Crippen MR) is 112 cm³/mol. The molecule has 2 rings (SSSR count). The van der Waals surface area contributed by atoms with Crippen LogP contribution >= 0.6 is 0 Å². The molecule has 0 aliphatic carbocycles. The van der Waals surface area contributed by atoms with Crippen LogP contribution in [-0.2, 0) is 0 Å². The van der Waals surface area contributed by atoms with Crippen LogP contribution in [0.15, 0.2) is 29.4 Å². The Morgan fingerprint density at radius 2 is 2.00 bits per heavy atom. The highest BCUT2D eigenvalue weighted by Gasteiger charge is 2.37. The molecule has 0 spiro atoms. The van der Waals surface area contributed by atoms with Crippen LogP contribution in [0.25, 0.3) is 0 Å². The summed E-state index contributed by atoms with van der Waals surface area (Å²) in [5.74, 6) is 1.20. The second-order valence-electron chi connectivity index (χ2n) is 7.58. The molecule has 154 valence electrons. The van der Waals surface area contributed by atoms with Crippen LogP contribution in [0.3, 0.4) is 0 Å². The lowest BCUT2D eigenvalue weighted by atomic mass is 10.0. The molecular weight excluding hydrogens is 354 g/mol. The summed E-state index contributed by atoms with van der Waals surface area (Å²) in [6.45, 7) is 10.9. The first-order valence-corrected chi connectivity index (χ1v) is 9.86. The maximum Gasteiger partial charge on any atom is 0.258 e. The SMILES string of the molecule is COc1c(C)c(OC/C=C(\C)CCC=C(C)C)cc2c1C(=O)N(CCO)C2C. The Morgan fingerprint density at radius 1 is 1.29 bits per heavy atom. The average Bonchev–Trinajstić information content (AvgIpc) is 2.87. The van der Waals surface area contributed by atoms with Gasteiger partial charge in [0, 0.05) is 12.1 Å². The molecule has 1 heterocycles. The fraction of sp³-hybridized carbons (Fsp3) is 0.522. The van der Waals surface area contributed by atoms with Crippen molar-refractivity contribution in [1.29, 1.82) is 0 Å². The number of amides is 1. The first kappa shape index (κ1) is 22.0. The van der Waals surface area contributed by atoms with Crippen molar-refractivity contribution < 1.29 is 19.4 Å². The molecule has 1 aliphatic rings. The summed E-state index contributed by atoms with van der Waals surface area (Å²) in [7, 11) is 1.58. The van der Waals surface area contributed by atoms with Crippen molar-refractivity contribution in [3.05, 3.63) is 46.1 Å². The smallest absolute Gasteiger partial charge is 0.258 e. The van der Waals surface area contributed by atoms with E-state index in [4.69, 9.17) is 9.47 Å². The number of ether oxygens (including phenoxy) is 2.